The minimum atomic E-state index is -1.38. The number of aliphatic hydroxyl groups is 2. The molecule has 2 heterocycles. The Morgan fingerprint density at radius 2 is 1.13 bits per heavy atom. The molecule has 8 aliphatic carbocycles. The zero-order chi connectivity index (χ0) is 55.8. The summed E-state index contributed by atoms with van der Waals surface area (Å²) in [4.78, 5) is 66.9. The Morgan fingerprint density at radius 1 is 0.692 bits per heavy atom. The van der Waals surface area contributed by atoms with Gasteiger partial charge in [0, 0.05) is 70.5 Å². The molecule has 1 amide bonds. The highest BCUT2D eigenvalue weighted by atomic mass is 32.2. The first-order valence-electron chi connectivity index (χ1n) is 27.9. The zero-order valence-corrected chi connectivity index (χ0v) is 48.1. The molecule has 0 aromatic heterocycles. The Balaban J connectivity index is 0.000000166. The van der Waals surface area contributed by atoms with Crippen LogP contribution >= 0.6 is 23.5 Å². The average Bonchev–Trinajstić information content (AvgIpc) is 4.09. The number of rotatable bonds is 5. The second-order valence-electron chi connectivity index (χ2n) is 25.5. The van der Waals surface area contributed by atoms with E-state index in [1.165, 1.54) is 4.90 Å². The van der Waals surface area contributed by atoms with Gasteiger partial charge in [0.05, 0.1) is 36.2 Å². The van der Waals surface area contributed by atoms with E-state index in [-0.39, 0.29) is 73.7 Å². The van der Waals surface area contributed by atoms with Gasteiger partial charge < -0.3 is 34.1 Å². The second kappa shape index (κ2) is 19.6. The van der Waals surface area contributed by atoms with Crippen LogP contribution in [-0.2, 0) is 38.1 Å². The number of amides is 1. The molecule has 0 spiro atoms. The topological polar surface area (TPSA) is 190 Å². The highest BCUT2D eigenvalue weighted by molar-refractivity contribution is 8.26. The van der Waals surface area contributed by atoms with Gasteiger partial charge in [0.15, 0.2) is 35.3 Å². The Labute approximate surface area is 467 Å². The van der Waals surface area contributed by atoms with Crippen molar-refractivity contribution in [2.24, 2.45) is 57.2 Å². The summed E-state index contributed by atoms with van der Waals surface area (Å²) in [6, 6.07) is 14.3. The minimum absolute atomic E-state index is 0.00263. The van der Waals surface area contributed by atoms with Gasteiger partial charge in [0.25, 0.3) is 5.24 Å². The van der Waals surface area contributed by atoms with Crippen molar-refractivity contribution in [1.82, 2.24) is 4.90 Å². The number of ether oxygens (including phenoxy) is 4. The van der Waals surface area contributed by atoms with E-state index in [2.05, 4.69) is 45.9 Å². The Kier molecular flexibility index (Phi) is 13.9. The standard InChI is InChI=1S/C32H39NO6S.C31H35NO5S/c1-17-7-9-21(18(2)13-17)27-38-25-15-23-22-10-8-19-14-20(34)11-12-30(19,3)26(22)24(35)16-31(23,4)32(25,39-27)28(36)40-29(37)33(5)6;1-17-5-7-21(18(2)13-17)27-36-25-15-23-22-8-6-19-14-20(33)9-10-29(19,3)26(22)24(34)16-30(23,4)31(25,37-27)28(35)38-12-11-32/h7,9,11-14,22-27,35H,8,10,15-16H2,1-6H3;5,7,9-10,13-14,22-27,34H,6,8,12,15-16H2,1-4H3/t22-,23-,24-,25+,26+,27?,30-,31-,32-;22-,23-,24-,25+,26+,27?,29-,30-,31-/m00/s1. The van der Waals surface area contributed by atoms with E-state index in [0.717, 1.165) is 82.0 Å². The summed E-state index contributed by atoms with van der Waals surface area (Å²) in [6.07, 6.45) is 12.3. The smallest absolute Gasteiger partial charge is 0.288 e. The van der Waals surface area contributed by atoms with Gasteiger partial charge in [-0.25, -0.2) is 0 Å². The van der Waals surface area contributed by atoms with Crippen LogP contribution in [0.2, 0.25) is 0 Å². The highest BCUT2D eigenvalue weighted by Gasteiger charge is 2.78. The van der Waals surface area contributed by atoms with Crippen LogP contribution in [0.5, 0.6) is 0 Å². The van der Waals surface area contributed by atoms with Crippen molar-refractivity contribution >= 4 is 50.6 Å². The summed E-state index contributed by atoms with van der Waals surface area (Å²) in [6.45, 7) is 16.6. The number of thioether (sulfide) groups is 2. The summed E-state index contributed by atoms with van der Waals surface area (Å²) in [7, 11) is 3.26. The van der Waals surface area contributed by atoms with E-state index in [0.29, 0.717) is 37.4 Å². The first-order chi connectivity index (χ1) is 36.9. The van der Waals surface area contributed by atoms with Gasteiger partial charge in [-0.3, -0.25) is 24.0 Å². The molecule has 8 fully saturated rings. The van der Waals surface area contributed by atoms with Crippen LogP contribution in [0.4, 0.5) is 4.79 Å². The fraction of sp³-hybridized carbons (Fsp3) is 0.587. The fourth-order valence-electron chi connectivity index (χ4n) is 17.7. The zero-order valence-electron chi connectivity index (χ0n) is 46.5. The van der Waals surface area contributed by atoms with Crippen LogP contribution in [0, 0.1) is 96.2 Å². The van der Waals surface area contributed by atoms with Crippen LogP contribution in [-0.4, -0.2) is 97.6 Å². The molecule has 2 saturated heterocycles. The van der Waals surface area contributed by atoms with Crippen LogP contribution in [0.3, 0.4) is 0 Å². The SMILES string of the molecule is Cc1ccc(C2O[C@@H]3C[C@H]4[C@@H]5CCC6=CC(=O)C=C[C@]6(C)[C@H]5[C@@H](O)C[C@]4(C)[C@]3(C(=O)SC(=O)N(C)C)O2)c(C)c1.Cc1ccc(C2O[C@@H]3C[C@H]4[C@@H]5CCC6=CC(=O)C=C[C@]6(C)[C@H]5[C@@H](O)C[C@]4(C)[C@]3(C(=O)SCC#N)O2)c(C)c1. The summed E-state index contributed by atoms with van der Waals surface area (Å²) >= 11 is 1.69. The normalized spacial score (nSPS) is 42.2. The second-order valence-corrected chi connectivity index (χ2v) is 27.4. The molecular formula is C63H74N2O11S2. The lowest BCUT2D eigenvalue weighted by Gasteiger charge is -2.59. The predicted molar refractivity (Wildman–Crippen MR) is 296 cm³/mol. The van der Waals surface area contributed by atoms with Crippen molar-refractivity contribution in [3.05, 3.63) is 117 Å². The highest BCUT2D eigenvalue weighted by Crippen LogP contribution is 2.73. The molecule has 0 bridgehead atoms. The number of nitrogens with zero attached hydrogens (tertiary/aromatic N) is 2. The number of allylic oxidation sites excluding steroid dienone is 8. The molecule has 12 rings (SSSR count). The van der Waals surface area contributed by atoms with E-state index in [1.807, 2.05) is 64.1 Å². The summed E-state index contributed by atoms with van der Waals surface area (Å²) in [5.74, 6) is 0.377. The van der Waals surface area contributed by atoms with Crippen molar-refractivity contribution in [1.29, 1.82) is 5.26 Å². The number of fused-ring (bicyclic) bond motifs is 14. The molecule has 2 aromatic rings. The molecular weight excluding hydrogens is 1020 g/mol. The molecule has 13 nitrogen and oxygen atoms in total. The number of nitriles is 1. The number of aliphatic hydroxyl groups excluding tert-OH is 2. The largest absolute Gasteiger partial charge is 0.393 e. The fourth-order valence-corrected chi connectivity index (χ4v) is 19.5. The lowest BCUT2D eigenvalue weighted by atomic mass is 9.46. The first kappa shape index (κ1) is 55.4. The van der Waals surface area contributed by atoms with Crippen LogP contribution in [0.25, 0.3) is 0 Å². The quantitative estimate of drug-likeness (QED) is 0.288. The third-order valence-corrected chi connectivity index (χ3v) is 23.1. The molecule has 2 N–H and O–H groups in total. The molecule has 6 saturated carbocycles. The lowest BCUT2D eigenvalue weighted by molar-refractivity contribution is -0.195. The van der Waals surface area contributed by atoms with Gasteiger partial charge >= 0.3 is 0 Å². The maximum atomic E-state index is 14.3. The number of carbonyl (C=O) groups is 5. The molecule has 2 aliphatic heterocycles. The Bertz CT molecular complexity index is 3070. The van der Waals surface area contributed by atoms with Crippen LogP contribution in [0.1, 0.15) is 125 Å². The summed E-state index contributed by atoms with van der Waals surface area (Å²) in [5.41, 5.74) is 3.50. The van der Waals surface area contributed by atoms with E-state index in [4.69, 9.17) is 18.9 Å². The summed E-state index contributed by atoms with van der Waals surface area (Å²) in [5, 5.41) is 32.1. The van der Waals surface area contributed by atoms with Gasteiger partial charge in [0.1, 0.15) is 0 Å². The number of aryl methyl sites for hydroxylation is 4. The Hall–Kier alpha value is -4.50. The van der Waals surface area contributed by atoms with Gasteiger partial charge in [-0.1, -0.05) is 110 Å². The first-order valence-corrected chi connectivity index (χ1v) is 29.7. The molecule has 15 heteroatoms. The average molecular weight is 1100 g/mol. The maximum absolute atomic E-state index is 14.3. The number of ketones is 2. The molecule has 10 aliphatic rings. The third kappa shape index (κ3) is 8.10. The third-order valence-electron chi connectivity index (χ3n) is 21.3. The number of hydrogen-bond acceptors (Lipinski definition) is 14. The van der Waals surface area contributed by atoms with Gasteiger partial charge in [0.2, 0.25) is 10.2 Å². The maximum Gasteiger partial charge on any atom is 0.288 e. The van der Waals surface area contributed by atoms with Gasteiger partial charge in [-0.2, -0.15) is 5.26 Å². The van der Waals surface area contributed by atoms with E-state index in [9.17, 15) is 39.4 Å². The van der Waals surface area contributed by atoms with Gasteiger partial charge in [-0.05, 0) is 138 Å². The van der Waals surface area contributed by atoms with Crippen molar-refractivity contribution in [2.45, 2.75) is 155 Å². The number of benzene rings is 2. The Morgan fingerprint density at radius 3 is 1.54 bits per heavy atom. The molecule has 78 heavy (non-hydrogen) atoms. The van der Waals surface area contributed by atoms with E-state index >= 15 is 0 Å². The molecule has 18 atom stereocenters. The van der Waals surface area contributed by atoms with Crippen LogP contribution in [0.15, 0.2) is 84.0 Å². The van der Waals surface area contributed by atoms with Gasteiger partial charge in [-0.15, -0.1) is 0 Å². The molecule has 414 valence electrons. The lowest BCUT2D eigenvalue weighted by Crippen LogP contribution is -2.62. The number of carbonyl (C=O) groups excluding carboxylic acids is 5. The summed E-state index contributed by atoms with van der Waals surface area (Å²) < 4.78 is 26.9. The molecule has 0 radical (unpaired) electrons. The minimum Gasteiger partial charge on any atom is -0.393 e. The molecule has 2 aromatic carbocycles. The predicted octanol–water partition coefficient (Wildman–Crippen LogP) is 10.4. The van der Waals surface area contributed by atoms with E-state index in [1.54, 1.807) is 38.4 Å². The van der Waals surface area contributed by atoms with Crippen molar-refractivity contribution in [3.8, 4) is 6.07 Å². The van der Waals surface area contributed by atoms with Crippen molar-refractivity contribution < 1.29 is 53.1 Å². The van der Waals surface area contributed by atoms with Crippen molar-refractivity contribution in [3.63, 3.8) is 0 Å². The van der Waals surface area contributed by atoms with Crippen molar-refractivity contribution in [2.75, 3.05) is 19.8 Å². The monoisotopic (exact) mass is 1100 g/mol. The number of hydrogen-bond donors (Lipinski definition) is 2. The van der Waals surface area contributed by atoms with E-state index < -0.39 is 64.4 Å². The molecule has 2 unspecified atom stereocenters. The van der Waals surface area contributed by atoms with Crippen LogP contribution < -0.4 is 0 Å².